The topological polar surface area (TPSA) is 129 Å². The summed E-state index contributed by atoms with van der Waals surface area (Å²) >= 11 is 2.98. The number of hydrogen-bond donors (Lipinski definition) is 3. The van der Waals surface area contributed by atoms with Crippen LogP contribution in [-0.4, -0.2) is 41.8 Å². The first-order valence-electron chi connectivity index (χ1n) is 9.42. The average Bonchev–Trinajstić information content (AvgIpc) is 3.44. The van der Waals surface area contributed by atoms with Gasteiger partial charge in [0.2, 0.25) is 11.9 Å². The highest BCUT2D eigenvalue weighted by molar-refractivity contribution is 7.99. The minimum atomic E-state index is -0.231. The number of carbonyl (C=O) groups excluding carboxylic acids is 1. The molecule has 3 N–H and O–H groups in total. The van der Waals surface area contributed by atoms with Gasteiger partial charge in [-0.3, -0.25) is 25.0 Å². The molecule has 1 amide bonds. The van der Waals surface area contributed by atoms with Gasteiger partial charge in [0, 0.05) is 11.1 Å². The van der Waals surface area contributed by atoms with Gasteiger partial charge in [0.05, 0.1) is 16.9 Å². The molecule has 9 nitrogen and oxygen atoms in total. The monoisotopic (exact) mass is 439 g/mol. The second kappa shape index (κ2) is 8.00. The maximum Gasteiger partial charge on any atom is 0.259 e. The van der Waals surface area contributed by atoms with Crippen molar-refractivity contribution in [2.45, 2.75) is 25.0 Å². The van der Waals surface area contributed by atoms with E-state index in [0.29, 0.717) is 23.1 Å². The van der Waals surface area contributed by atoms with Gasteiger partial charge >= 0.3 is 0 Å². The molecule has 11 heteroatoms. The molecule has 0 saturated carbocycles. The highest BCUT2D eigenvalue weighted by Crippen LogP contribution is 2.34. The fraction of sp³-hybridized carbons (Fsp3) is 0.263. The highest BCUT2D eigenvalue weighted by atomic mass is 32.2. The number of pyridine rings is 1. The lowest BCUT2D eigenvalue weighted by Gasteiger charge is -2.02. The van der Waals surface area contributed by atoms with Crippen LogP contribution >= 0.6 is 23.1 Å². The number of aromatic nitrogens is 6. The molecule has 30 heavy (non-hydrogen) atoms. The summed E-state index contributed by atoms with van der Waals surface area (Å²) in [4.78, 5) is 42.6. The molecule has 0 fully saturated rings. The number of thiophene rings is 1. The average molecular weight is 440 g/mol. The van der Waals surface area contributed by atoms with Crippen molar-refractivity contribution in [1.82, 2.24) is 30.1 Å². The van der Waals surface area contributed by atoms with E-state index in [1.165, 1.54) is 22.2 Å². The number of amides is 1. The Morgan fingerprint density at radius 3 is 3.07 bits per heavy atom. The molecule has 0 atom stereocenters. The van der Waals surface area contributed by atoms with Crippen LogP contribution in [0.15, 0.2) is 29.2 Å². The number of aryl methyl sites for hydroxylation is 2. The van der Waals surface area contributed by atoms with Crippen molar-refractivity contribution in [3.05, 3.63) is 51.0 Å². The van der Waals surface area contributed by atoms with E-state index in [1.54, 1.807) is 23.6 Å². The van der Waals surface area contributed by atoms with Crippen LogP contribution in [-0.2, 0) is 23.4 Å². The maximum atomic E-state index is 12.5. The van der Waals surface area contributed by atoms with Crippen molar-refractivity contribution >= 4 is 45.2 Å². The summed E-state index contributed by atoms with van der Waals surface area (Å²) in [5.41, 5.74) is 1.73. The van der Waals surface area contributed by atoms with Gasteiger partial charge in [0.15, 0.2) is 5.82 Å². The Morgan fingerprint density at radius 1 is 1.27 bits per heavy atom. The highest BCUT2D eigenvalue weighted by Gasteiger charge is 2.21. The molecule has 0 unspecified atom stereocenters. The van der Waals surface area contributed by atoms with Crippen LogP contribution in [0.5, 0.6) is 0 Å². The number of nitrogens with zero attached hydrogens (tertiary/aromatic N) is 4. The Balaban J connectivity index is 1.19. The van der Waals surface area contributed by atoms with Crippen molar-refractivity contribution < 1.29 is 4.79 Å². The summed E-state index contributed by atoms with van der Waals surface area (Å²) in [6.07, 6.45) is 4.75. The quantitative estimate of drug-likeness (QED) is 0.421. The third-order valence-corrected chi connectivity index (χ3v) is 6.87. The van der Waals surface area contributed by atoms with Gasteiger partial charge in [-0.2, -0.15) is 4.98 Å². The molecule has 4 heterocycles. The normalized spacial score (nSPS) is 12.9. The summed E-state index contributed by atoms with van der Waals surface area (Å²) in [6, 6.07) is 5.46. The van der Waals surface area contributed by atoms with Crippen LogP contribution in [0.3, 0.4) is 0 Å². The Morgan fingerprint density at radius 2 is 2.20 bits per heavy atom. The number of fused-ring (bicyclic) bond motifs is 3. The number of carbonyl (C=O) groups is 1. The lowest BCUT2D eigenvalue weighted by molar-refractivity contribution is -0.113. The Kier molecular flexibility index (Phi) is 5.05. The van der Waals surface area contributed by atoms with Gasteiger partial charge in [0.1, 0.15) is 16.3 Å². The summed E-state index contributed by atoms with van der Waals surface area (Å²) in [7, 11) is 0. The number of thioether (sulfide) groups is 1. The van der Waals surface area contributed by atoms with Crippen molar-refractivity contribution in [1.29, 1.82) is 0 Å². The second-order valence-electron chi connectivity index (χ2n) is 6.81. The molecule has 0 saturated heterocycles. The second-order valence-corrected chi connectivity index (χ2v) is 8.88. The Labute approximate surface area is 178 Å². The van der Waals surface area contributed by atoms with E-state index in [9.17, 15) is 9.59 Å². The molecule has 152 valence electrons. The molecule has 1 aliphatic carbocycles. The van der Waals surface area contributed by atoms with Crippen LogP contribution in [0, 0.1) is 0 Å². The first-order valence-corrected chi connectivity index (χ1v) is 11.4. The van der Waals surface area contributed by atoms with E-state index < -0.39 is 0 Å². The number of anilines is 1. The number of aromatic amines is 2. The van der Waals surface area contributed by atoms with Gasteiger partial charge in [-0.1, -0.05) is 6.07 Å². The van der Waals surface area contributed by atoms with E-state index in [-0.39, 0.29) is 23.2 Å². The van der Waals surface area contributed by atoms with Crippen LogP contribution in [0.4, 0.5) is 5.95 Å². The molecule has 0 aromatic carbocycles. The number of hydrogen-bond acceptors (Lipinski definition) is 8. The molecule has 4 aromatic heterocycles. The number of nitrogens with one attached hydrogen (secondary N) is 3. The molecule has 0 bridgehead atoms. The standard InChI is InChI=1S/C19H17N7O2S2/c27-14(23-19-24-16(25-26-19)11-5-1-2-7-20-11)9-29-8-13-21-17(28)15-10-4-3-6-12(10)30-18(15)22-13/h1-2,5,7H,3-4,6,8-9H2,(H,21,22,28)(H2,23,24,25,26,27). The Bertz CT molecular complexity index is 1280. The number of rotatable bonds is 6. The molecule has 0 radical (unpaired) electrons. The third-order valence-electron chi connectivity index (χ3n) is 4.74. The molecule has 4 aromatic rings. The van der Waals surface area contributed by atoms with Gasteiger partial charge in [-0.25, -0.2) is 4.98 Å². The zero-order valence-corrected chi connectivity index (χ0v) is 17.4. The van der Waals surface area contributed by atoms with Gasteiger partial charge < -0.3 is 4.98 Å². The smallest absolute Gasteiger partial charge is 0.259 e. The minimum Gasteiger partial charge on any atom is -0.309 e. The Hall–Kier alpha value is -3.05. The van der Waals surface area contributed by atoms with E-state index in [0.717, 1.165) is 29.5 Å². The molecule has 0 aliphatic heterocycles. The van der Waals surface area contributed by atoms with Crippen molar-refractivity contribution in [3.63, 3.8) is 0 Å². The SMILES string of the molecule is O=C(CSCc1nc2sc3c(c2c(=O)[nH]1)CCC3)Nc1n[nH]c(-c2ccccn2)n1. The predicted molar refractivity (Wildman–Crippen MR) is 117 cm³/mol. The fourth-order valence-electron chi connectivity index (χ4n) is 3.45. The van der Waals surface area contributed by atoms with E-state index >= 15 is 0 Å². The van der Waals surface area contributed by atoms with Gasteiger partial charge in [-0.15, -0.1) is 28.2 Å². The van der Waals surface area contributed by atoms with Crippen LogP contribution in [0.1, 0.15) is 22.7 Å². The van der Waals surface area contributed by atoms with E-state index in [2.05, 4.69) is 35.5 Å². The van der Waals surface area contributed by atoms with Crippen LogP contribution < -0.4 is 10.9 Å². The third kappa shape index (κ3) is 3.73. The zero-order valence-electron chi connectivity index (χ0n) is 15.8. The first kappa shape index (κ1) is 18.9. The first-order chi connectivity index (χ1) is 14.7. The van der Waals surface area contributed by atoms with E-state index in [1.807, 2.05) is 12.1 Å². The molecule has 0 spiro atoms. The zero-order chi connectivity index (χ0) is 20.5. The molecular weight excluding hydrogens is 422 g/mol. The summed E-state index contributed by atoms with van der Waals surface area (Å²) < 4.78 is 0. The number of H-pyrrole nitrogens is 2. The predicted octanol–water partition coefficient (Wildman–Crippen LogP) is 2.53. The fourth-order valence-corrected chi connectivity index (χ4v) is 5.42. The van der Waals surface area contributed by atoms with Crippen molar-refractivity contribution in [2.24, 2.45) is 0 Å². The summed E-state index contributed by atoms with van der Waals surface area (Å²) in [5.74, 6) is 1.66. The minimum absolute atomic E-state index is 0.0813. The van der Waals surface area contributed by atoms with Gasteiger partial charge in [-0.05, 0) is 37.0 Å². The van der Waals surface area contributed by atoms with Crippen molar-refractivity contribution in [3.8, 4) is 11.5 Å². The largest absolute Gasteiger partial charge is 0.309 e. The molecule has 1 aliphatic rings. The van der Waals surface area contributed by atoms with Gasteiger partial charge in [0.25, 0.3) is 5.56 Å². The van der Waals surface area contributed by atoms with Crippen molar-refractivity contribution in [2.75, 3.05) is 11.1 Å². The lowest BCUT2D eigenvalue weighted by Crippen LogP contribution is -2.16. The summed E-state index contributed by atoms with van der Waals surface area (Å²) in [6.45, 7) is 0. The maximum absolute atomic E-state index is 12.5. The van der Waals surface area contributed by atoms with Crippen LogP contribution in [0.25, 0.3) is 21.7 Å². The van der Waals surface area contributed by atoms with E-state index in [4.69, 9.17) is 0 Å². The summed E-state index contributed by atoms with van der Waals surface area (Å²) in [5, 5.41) is 10.1. The molecular formula is C19H17N7O2S2. The molecule has 5 rings (SSSR count). The lowest BCUT2D eigenvalue weighted by atomic mass is 10.2. The van der Waals surface area contributed by atoms with Crippen LogP contribution in [0.2, 0.25) is 0 Å².